The molecular formula is C16H17BrN2O2. The van der Waals surface area contributed by atoms with E-state index in [1.807, 2.05) is 32.0 Å². The Morgan fingerprint density at radius 1 is 1.43 bits per heavy atom. The highest BCUT2D eigenvalue weighted by molar-refractivity contribution is 9.10. The van der Waals surface area contributed by atoms with Crippen LogP contribution in [0.5, 0.6) is 5.75 Å². The Hall–Kier alpha value is -1.88. The zero-order valence-electron chi connectivity index (χ0n) is 12.2. The SMILES string of the molecule is COc1ccc(Br)cc1/C=C/C(=O)c1cnn(C(C)C)c1. The monoisotopic (exact) mass is 348 g/mol. The normalized spacial score (nSPS) is 11.3. The van der Waals surface area contributed by atoms with Crippen molar-refractivity contribution in [3.05, 3.63) is 52.3 Å². The molecule has 0 saturated carbocycles. The van der Waals surface area contributed by atoms with Crippen LogP contribution < -0.4 is 4.74 Å². The summed E-state index contributed by atoms with van der Waals surface area (Å²) in [6.07, 6.45) is 6.63. The molecule has 110 valence electrons. The molecule has 2 aromatic rings. The van der Waals surface area contributed by atoms with Crippen LogP contribution in [0.1, 0.15) is 35.8 Å². The summed E-state index contributed by atoms with van der Waals surface area (Å²) in [5, 5.41) is 4.17. The first kappa shape index (κ1) is 15.5. The molecular weight excluding hydrogens is 332 g/mol. The van der Waals surface area contributed by atoms with Gasteiger partial charge in [0.2, 0.25) is 0 Å². The summed E-state index contributed by atoms with van der Waals surface area (Å²) >= 11 is 3.41. The first-order valence-electron chi connectivity index (χ1n) is 6.61. The Morgan fingerprint density at radius 3 is 2.81 bits per heavy atom. The summed E-state index contributed by atoms with van der Waals surface area (Å²) in [5.41, 5.74) is 1.42. The molecule has 1 aromatic carbocycles. The quantitative estimate of drug-likeness (QED) is 0.602. The van der Waals surface area contributed by atoms with Crippen molar-refractivity contribution in [3.63, 3.8) is 0 Å². The summed E-state index contributed by atoms with van der Waals surface area (Å²) < 4.78 is 7.97. The number of methoxy groups -OCH3 is 1. The Labute approximate surface area is 132 Å². The number of rotatable bonds is 5. The van der Waals surface area contributed by atoms with Gasteiger partial charge in [-0.1, -0.05) is 15.9 Å². The maximum atomic E-state index is 12.1. The second-order valence-electron chi connectivity index (χ2n) is 4.89. The van der Waals surface area contributed by atoms with Gasteiger partial charge in [0, 0.05) is 22.3 Å². The van der Waals surface area contributed by atoms with Crippen LogP contribution in [0, 0.1) is 0 Å². The Bertz CT molecular complexity index is 675. The van der Waals surface area contributed by atoms with E-state index in [1.54, 1.807) is 30.3 Å². The van der Waals surface area contributed by atoms with E-state index >= 15 is 0 Å². The van der Waals surface area contributed by atoms with Crippen molar-refractivity contribution in [1.82, 2.24) is 9.78 Å². The van der Waals surface area contributed by atoms with Crippen molar-refractivity contribution in [2.45, 2.75) is 19.9 Å². The van der Waals surface area contributed by atoms with Crippen molar-refractivity contribution in [2.24, 2.45) is 0 Å². The molecule has 5 heteroatoms. The molecule has 0 fully saturated rings. The highest BCUT2D eigenvalue weighted by atomic mass is 79.9. The maximum Gasteiger partial charge on any atom is 0.189 e. The van der Waals surface area contributed by atoms with Gasteiger partial charge in [0.25, 0.3) is 0 Å². The van der Waals surface area contributed by atoms with Crippen molar-refractivity contribution in [1.29, 1.82) is 0 Å². The lowest BCUT2D eigenvalue weighted by Crippen LogP contribution is -2.00. The molecule has 0 aliphatic heterocycles. The largest absolute Gasteiger partial charge is 0.496 e. The molecule has 0 aliphatic rings. The summed E-state index contributed by atoms with van der Waals surface area (Å²) in [4.78, 5) is 12.1. The van der Waals surface area contributed by atoms with Gasteiger partial charge in [-0.15, -0.1) is 0 Å². The van der Waals surface area contributed by atoms with E-state index in [-0.39, 0.29) is 11.8 Å². The second-order valence-corrected chi connectivity index (χ2v) is 5.80. The molecule has 0 amide bonds. The van der Waals surface area contributed by atoms with E-state index in [0.29, 0.717) is 5.56 Å². The predicted octanol–water partition coefficient (Wildman–Crippen LogP) is 4.13. The summed E-state index contributed by atoms with van der Waals surface area (Å²) in [5.74, 6) is 0.643. The Balaban J connectivity index is 2.20. The van der Waals surface area contributed by atoms with Crippen LogP contribution in [-0.4, -0.2) is 22.7 Å². The summed E-state index contributed by atoms with van der Waals surface area (Å²) in [6.45, 7) is 4.03. The van der Waals surface area contributed by atoms with Crippen LogP contribution in [0.2, 0.25) is 0 Å². The number of hydrogen-bond donors (Lipinski definition) is 0. The van der Waals surface area contributed by atoms with Crippen molar-refractivity contribution in [3.8, 4) is 5.75 Å². The van der Waals surface area contributed by atoms with Gasteiger partial charge in [0.05, 0.1) is 18.9 Å². The number of nitrogens with zero attached hydrogens (tertiary/aromatic N) is 2. The number of carbonyl (C=O) groups is 1. The number of ether oxygens (including phenoxy) is 1. The van der Waals surface area contributed by atoms with Gasteiger partial charge in [-0.25, -0.2) is 0 Å². The molecule has 1 aromatic heterocycles. The van der Waals surface area contributed by atoms with Crippen molar-refractivity contribution >= 4 is 27.8 Å². The number of benzene rings is 1. The first-order chi connectivity index (χ1) is 10.0. The molecule has 0 atom stereocenters. The number of halogens is 1. The molecule has 1 heterocycles. The minimum Gasteiger partial charge on any atom is -0.496 e. The zero-order valence-corrected chi connectivity index (χ0v) is 13.8. The Morgan fingerprint density at radius 2 is 2.19 bits per heavy atom. The lowest BCUT2D eigenvalue weighted by molar-refractivity contribution is 0.104. The smallest absolute Gasteiger partial charge is 0.189 e. The van der Waals surface area contributed by atoms with Crippen LogP contribution in [0.3, 0.4) is 0 Å². The van der Waals surface area contributed by atoms with E-state index < -0.39 is 0 Å². The van der Waals surface area contributed by atoms with E-state index in [2.05, 4.69) is 21.0 Å². The van der Waals surface area contributed by atoms with Crippen LogP contribution in [0.25, 0.3) is 6.08 Å². The van der Waals surface area contributed by atoms with Gasteiger partial charge in [-0.2, -0.15) is 5.10 Å². The van der Waals surface area contributed by atoms with Crippen LogP contribution in [0.4, 0.5) is 0 Å². The number of aromatic nitrogens is 2. The molecule has 0 bridgehead atoms. The van der Waals surface area contributed by atoms with E-state index in [4.69, 9.17) is 4.74 Å². The van der Waals surface area contributed by atoms with Gasteiger partial charge in [0.15, 0.2) is 5.78 Å². The molecule has 0 aliphatic carbocycles. The highest BCUT2D eigenvalue weighted by Gasteiger charge is 2.08. The molecule has 21 heavy (non-hydrogen) atoms. The third-order valence-corrected chi connectivity index (χ3v) is 3.51. The summed E-state index contributed by atoms with van der Waals surface area (Å²) in [7, 11) is 1.61. The predicted molar refractivity (Wildman–Crippen MR) is 86.7 cm³/mol. The average Bonchev–Trinajstić information content (AvgIpc) is 2.95. The van der Waals surface area contributed by atoms with Crippen LogP contribution in [-0.2, 0) is 0 Å². The van der Waals surface area contributed by atoms with E-state index in [0.717, 1.165) is 15.8 Å². The van der Waals surface area contributed by atoms with Gasteiger partial charge in [-0.3, -0.25) is 9.48 Å². The Kier molecular flexibility index (Phi) is 4.96. The third kappa shape index (κ3) is 3.82. The van der Waals surface area contributed by atoms with Gasteiger partial charge < -0.3 is 4.74 Å². The fraction of sp³-hybridized carbons (Fsp3) is 0.250. The van der Waals surface area contributed by atoms with Gasteiger partial charge in [0.1, 0.15) is 5.75 Å². The summed E-state index contributed by atoms with van der Waals surface area (Å²) in [6, 6.07) is 5.89. The molecule has 0 spiro atoms. The fourth-order valence-electron chi connectivity index (χ4n) is 1.84. The molecule has 2 rings (SSSR count). The first-order valence-corrected chi connectivity index (χ1v) is 7.40. The van der Waals surface area contributed by atoms with Gasteiger partial charge in [-0.05, 0) is 44.2 Å². The number of allylic oxidation sites excluding steroid dienone is 1. The van der Waals surface area contributed by atoms with Crippen LogP contribution >= 0.6 is 15.9 Å². The van der Waals surface area contributed by atoms with Crippen LogP contribution in [0.15, 0.2) is 41.1 Å². The zero-order chi connectivity index (χ0) is 15.4. The number of ketones is 1. The highest BCUT2D eigenvalue weighted by Crippen LogP contribution is 2.24. The lowest BCUT2D eigenvalue weighted by atomic mass is 10.1. The molecule has 0 N–H and O–H groups in total. The second kappa shape index (κ2) is 6.72. The maximum absolute atomic E-state index is 12.1. The van der Waals surface area contributed by atoms with Crippen molar-refractivity contribution < 1.29 is 9.53 Å². The molecule has 0 radical (unpaired) electrons. The van der Waals surface area contributed by atoms with Crippen molar-refractivity contribution in [2.75, 3.05) is 7.11 Å². The fourth-order valence-corrected chi connectivity index (χ4v) is 2.22. The topological polar surface area (TPSA) is 44.1 Å². The molecule has 0 saturated heterocycles. The molecule has 0 unspecified atom stereocenters. The van der Waals surface area contributed by atoms with Gasteiger partial charge >= 0.3 is 0 Å². The minimum absolute atomic E-state index is 0.0797. The molecule has 4 nitrogen and oxygen atoms in total. The third-order valence-electron chi connectivity index (χ3n) is 3.02. The lowest BCUT2D eigenvalue weighted by Gasteiger charge is -2.04. The van der Waals surface area contributed by atoms with E-state index in [9.17, 15) is 4.79 Å². The minimum atomic E-state index is -0.0797. The number of carbonyl (C=O) groups excluding carboxylic acids is 1. The van der Waals surface area contributed by atoms with E-state index in [1.165, 1.54) is 6.08 Å². The number of hydrogen-bond acceptors (Lipinski definition) is 3. The average molecular weight is 349 g/mol. The standard InChI is InChI=1S/C16H17BrN2O2/c1-11(2)19-10-13(9-18-19)15(20)6-4-12-8-14(17)5-7-16(12)21-3/h4-11H,1-3H3/b6-4+.